The molecule has 19 heavy (non-hydrogen) atoms. The molecule has 1 heterocycles. The van der Waals surface area contributed by atoms with Crippen molar-refractivity contribution in [2.24, 2.45) is 14.1 Å². The molecule has 0 bridgehead atoms. The summed E-state index contributed by atoms with van der Waals surface area (Å²) >= 11 is 0. The van der Waals surface area contributed by atoms with Gasteiger partial charge in [-0.05, 0) is 19.3 Å². The molecule has 5 heteroatoms. The summed E-state index contributed by atoms with van der Waals surface area (Å²) in [6.45, 7) is 6.95. The topological polar surface area (TPSA) is 56.0 Å². The van der Waals surface area contributed by atoms with Crippen molar-refractivity contribution in [1.82, 2.24) is 14.5 Å². The quantitative estimate of drug-likeness (QED) is 0.841. The maximum atomic E-state index is 12.0. The highest BCUT2D eigenvalue weighted by Gasteiger charge is 2.23. The summed E-state index contributed by atoms with van der Waals surface area (Å²) in [4.78, 5) is 23.7. The molecule has 0 atom stereocenters. The van der Waals surface area contributed by atoms with Crippen LogP contribution in [0.2, 0.25) is 0 Å². The van der Waals surface area contributed by atoms with Gasteiger partial charge < -0.3 is 9.88 Å². The molecule has 0 saturated carbocycles. The molecule has 0 spiro atoms. The van der Waals surface area contributed by atoms with Crippen LogP contribution in [0.3, 0.4) is 0 Å². The summed E-state index contributed by atoms with van der Waals surface area (Å²) in [5, 5.41) is 3.48. The van der Waals surface area contributed by atoms with E-state index >= 15 is 0 Å². The number of hydrogen-bond donors (Lipinski definition) is 1. The lowest BCUT2D eigenvalue weighted by molar-refractivity contribution is 0.287. The molecule has 0 radical (unpaired) electrons. The second-order valence-corrected chi connectivity index (χ2v) is 5.11. The maximum Gasteiger partial charge on any atom is 0.330 e. The third-order valence-corrected chi connectivity index (χ3v) is 4.20. The number of rotatable bonds is 6. The van der Waals surface area contributed by atoms with Gasteiger partial charge in [-0.15, -0.1) is 0 Å². The lowest BCUT2D eigenvalue weighted by Gasteiger charge is -2.32. The number of aromatic nitrogens is 2. The summed E-state index contributed by atoms with van der Waals surface area (Å²) in [5.74, 6) is 0. The van der Waals surface area contributed by atoms with Crippen LogP contribution >= 0.6 is 0 Å². The Hall–Kier alpha value is -1.36. The van der Waals surface area contributed by atoms with Crippen molar-refractivity contribution in [2.45, 2.75) is 52.1 Å². The average molecular weight is 267 g/mol. The monoisotopic (exact) mass is 267 g/mol. The minimum Gasteiger partial charge on any atom is -0.307 e. The van der Waals surface area contributed by atoms with Crippen molar-refractivity contribution in [2.75, 3.05) is 0 Å². The Morgan fingerprint density at radius 1 is 1.11 bits per heavy atom. The zero-order valence-corrected chi connectivity index (χ0v) is 12.6. The molecule has 108 valence electrons. The second kappa shape index (κ2) is 6.19. The number of hydrogen-bond acceptors (Lipinski definition) is 3. The van der Waals surface area contributed by atoms with Crippen LogP contribution in [-0.2, 0) is 20.6 Å². The highest BCUT2D eigenvalue weighted by atomic mass is 16.2. The van der Waals surface area contributed by atoms with Crippen molar-refractivity contribution >= 4 is 0 Å². The molecule has 0 saturated heterocycles. The molecule has 0 fully saturated rings. The van der Waals surface area contributed by atoms with E-state index in [1.54, 1.807) is 13.2 Å². The summed E-state index contributed by atoms with van der Waals surface area (Å²) in [6, 6.07) is 0. The van der Waals surface area contributed by atoms with Gasteiger partial charge in [-0.3, -0.25) is 9.36 Å². The summed E-state index contributed by atoms with van der Waals surface area (Å²) in [7, 11) is 3.18. The highest BCUT2D eigenvalue weighted by molar-refractivity contribution is 5.06. The van der Waals surface area contributed by atoms with E-state index in [9.17, 15) is 9.59 Å². The fourth-order valence-corrected chi connectivity index (χ4v) is 2.41. The van der Waals surface area contributed by atoms with E-state index in [1.807, 2.05) is 0 Å². The zero-order chi connectivity index (χ0) is 14.6. The van der Waals surface area contributed by atoms with Gasteiger partial charge in [0, 0.05) is 37.9 Å². The van der Waals surface area contributed by atoms with Gasteiger partial charge in [0.05, 0.1) is 0 Å². The van der Waals surface area contributed by atoms with E-state index in [1.165, 1.54) is 11.6 Å². The van der Waals surface area contributed by atoms with Crippen molar-refractivity contribution in [3.8, 4) is 0 Å². The van der Waals surface area contributed by atoms with E-state index in [4.69, 9.17) is 0 Å². The van der Waals surface area contributed by atoms with Crippen LogP contribution in [0.4, 0.5) is 0 Å². The van der Waals surface area contributed by atoms with Crippen LogP contribution in [0.1, 0.15) is 45.6 Å². The van der Waals surface area contributed by atoms with E-state index in [2.05, 4.69) is 26.1 Å². The van der Waals surface area contributed by atoms with Crippen LogP contribution < -0.4 is 16.6 Å². The van der Waals surface area contributed by atoms with Gasteiger partial charge >= 0.3 is 5.69 Å². The van der Waals surface area contributed by atoms with E-state index in [-0.39, 0.29) is 16.8 Å². The SMILES string of the molecule is CCC(CC)(CC)NCc1cn(C)c(=O)n(C)c1=O. The zero-order valence-electron chi connectivity index (χ0n) is 12.6. The van der Waals surface area contributed by atoms with Gasteiger partial charge in [-0.2, -0.15) is 0 Å². The van der Waals surface area contributed by atoms with Gasteiger partial charge in [-0.1, -0.05) is 20.8 Å². The van der Waals surface area contributed by atoms with E-state index in [0.29, 0.717) is 12.1 Å². The Labute approximate surface area is 114 Å². The van der Waals surface area contributed by atoms with Crippen LogP contribution in [-0.4, -0.2) is 14.7 Å². The standard InChI is InChI=1S/C14H25N3O2/c1-6-14(7-2,8-3)15-9-11-10-16(4)13(19)17(5)12(11)18/h10,15H,6-9H2,1-5H3. The summed E-state index contributed by atoms with van der Waals surface area (Å²) < 4.78 is 2.60. The van der Waals surface area contributed by atoms with E-state index in [0.717, 1.165) is 23.8 Å². The third kappa shape index (κ3) is 3.15. The molecule has 5 nitrogen and oxygen atoms in total. The first-order chi connectivity index (χ1) is 8.90. The van der Waals surface area contributed by atoms with Gasteiger partial charge in [0.15, 0.2) is 0 Å². The molecular weight excluding hydrogens is 242 g/mol. The molecule has 0 aromatic carbocycles. The Kier molecular flexibility index (Phi) is 5.11. The van der Waals surface area contributed by atoms with Gasteiger partial charge in [-0.25, -0.2) is 4.79 Å². The Morgan fingerprint density at radius 2 is 1.63 bits per heavy atom. The number of nitrogens with zero attached hydrogens (tertiary/aromatic N) is 2. The smallest absolute Gasteiger partial charge is 0.307 e. The number of aryl methyl sites for hydroxylation is 1. The van der Waals surface area contributed by atoms with Gasteiger partial charge in [0.1, 0.15) is 0 Å². The Balaban J connectivity index is 3.02. The van der Waals surface area contributed by atoms with Gasteiger partial charge in [0.2, 0.25) is 0 Å². The molecule has 0 amide bonds. The molecule has 1 N–H and O–H groups in total. The molecule has 0 aliphatic carbocycles. The molecule has 1 aromatic heterocycles. The molecule has 1 rings (SSSR count). The fourth-order valence-electron chi connectivity index (χ4n) is 2.41. The van der Waals surface area contributed by atoms with Gasteiger partial charge in [0.25, 0.3) is 5.56 Å². The first kappa shape index (κ1) is 15.7. The van der Waals surface area contributed by atoms with Crippen LogP contribution in [0.5, 0.6) is 0 Å². The van der Waals surface area contributed by atoms with Crippen LogP contribution in [0.25, 0.3) is 0 Å². The van der Waals surface area contributed by atoms with Crippen molar-refractivity contribution < 1.29 is 0 Å². The molecule has 0 aliphatic rings. The third-order valence-electron chi connectivity index (χ3n) is 4.20. The normalized spacial score (nSPS) is 11.8. The van der Waals surface area contributed by atoms with Crippen molar-refractivity contribution in [1.29, 1.82) is 0 Å². The average Bonchev–Trinajstić information content (AvgIpc) is 2.43. The molecule has 1 aromatic rings. The predicted molar refractivity (Wildman–Crippen MR) is 77.4 cm³/mol. The lowest BCUT2D eigenvalue weighted by Crippen LogP contribution is -2.46. The van der Waals surface area contributed by atoms with Crippen LogP contribution in [0.15, 0.2) is 15.8 Å². The second-order valence-electron chi connectivity index (χ2n) is 5.11. The first-order valence-corrected chi connectivity index (χ1v) is 6.91. The maximum absolute atomic E-state index is 12.0. The summed E-state index contributed by atoms with van der Waals surface area (Å²) in [5.41, 5.74) is 0.193. The minimum absolute atomic E-state index is 0.0692. The molecule has 0 aliphatic heterocycles. The van der Waals surface area contributed by atoms with Crippen molar-refractivity contribution in [3.63, 3.8) is 0 Å². The molecule has 0 unspecified atom stereocenters. The van der Waals surface area contributed by atoms with Crippen LogP contribution in [0, 0.1) is 0 Å². The Morgan fingerprint density at radius 3 is 2.11 bits per heavy atom. The fraction of sp³-hybridized carbons (Fsp3) is 0.714. The largest absolute Gasteiger partial charge is 0.330 e. The molecular formula is C14H25N3O2. The number of nitrogens with one attached hydrogen (secondary N) is 1. The minimum atomic E-state index is -0.290. The Bertz CT molecular complexity index is 530. The van der Waals surface area contributed by atoms with Crippen molar-refractivity contribution in [3.05, 3.63) is 32.6 Å². The highest BCUT2D eigenvalue weighted by Crippen LogP contribution is 2.19. The van der Waals surface area contributed by atoms with E-state index < -0.39 is 0 Å². The summed E-state index contributed by atoms with van der Waals surface area (Å²) in [6.07, 6.45) is 4.69. The first-order valence-electron chi connectivity index (χ1n) is 6.91. The lowest BCUT2D eigenvalue weighted by atomic mass is 9.89. The predicted octanol–water partition coefficient (Wildman–Crippen LogP) is 1.14.